The summed E-state index contributed by atoms with van der Waals surface area (Å²) in [6.07, 6.45) is 9.86. The van der Waals surface area contributed by atoms with Gasteiger partial charge in [0.05, 0.1) is 0 Å². The van der Waals surface area contributed by atoms with Crippen molar-refractivity contribution >= 4 is 11.7 Å². The highest BCUT2D eigenvalue weighted by atomic mass is 19.3. The highest BCUT2D eigenvalue weighted by molar-refractivity contribution is 5.87. The van der Waals surface area contributed by atoms with Gasteiger partial charge in [-0.2, -0.15) is 0 Å². The Bertz CT molecular complexity index is 668. The lowest BCUT2D eigenvalue weighted by molar-refractivity contribution is -0.130. The van der Waals surface area contributed by atoms with E-state index in [-0.39, 0.29) is 6.42 Å². The van der Waals surface area contributed by atoms with E-state index in [2.05, 4.69) is 17.2 Å². The van der Waals surface area contributed by atoms with Gasteiger partial charge in [-0.05, 0) is 37.1 Å². The lowest BCUT2D eigenvalue weighted by Crippen LogP contribution is -2.11. The predicted molar refractivity (Wildman–Crippen MR) is 125 cm³/mol. The fourth-order valence-electron chi connectivity index (χ4n) is 3.56. The van der Waals surface area contributed by atoms with Gasteiger partial charge in [0.2, 0.25) is 0 Å². The molecule has 0 aliphatic heterocycles. The Balaban J connectivity index is 1.85. The topological polar surface area (TPSA) is 49.3 Å². The van der Waals surface area contributed by atoms with Gasteiger partial charge < -0.3 is 10.4 Å². The molecule has 32 heavy (non-hydrogen) atoms. The van der Waals surface area contributed by atoms with Gasteiger partial charge in [0.25, 0.3) is 6.43 Å². The molecule has 180 valence electrons. The minimum absolute atomic E-state index is 0.00730. The maximum absolute atomic E-state index is 12.7. The molecule has 1 aromatic carbocycles. The second kappa shape index (κ2) is 18.4. The van der Waals surface area contributed by atoms with Crippen molar-refractivity contribution in [2.45, 2.75) is 102 Å². The minimum atomic E-state index is -2.83. The van der Waals surface area contributed by atoms with Gasteiger partial charge in [0.15, 0.2) is 6.17 Å². The van der Waals surface area contributed by atoms with E-state index in [0.717, 1.165) is 37.9 Å². The summed E-state index contributed by atoms with van der Waals surface area (Å²) in [6.45, 7) is 0.925. The smallest absolute Gasteiger partial charge is 0.382 e. The number of anilines is 1. The number of unbranched alkanes of at least 4 members (excludes halogenated alkanes) is 12. The normalized spacial score (nSPS) is 11.8. The SMILES string of the molecule is O=C(O)C#Cc1ccc(NCCCCCCCCCCCCCCCC(F)C(F)F)cc1. The van der Waals surface area contributed by atoms with Gasteiger partial charge in [-0.25, -0.2) is 18.0 Å². The number of alkyl halides is 3. The van der Waals surface area contributed by atoms with Crippen LogP contribution in [0.5, 0.6) is 0 Å². The Hall–Kier alpha value is -2.16. The van der Waals surface area contributed by atoms with Gasteiger partial charge >= 0.3 is 5.97 Å². The van der Waals surface area contributed by atoms with Crippen LogP contribution in [0.1, 0.15) is 95.5 Å². The van der Waals surface area contributed by atoms with Crippen LogP contribution in [0.15, 0.2) is 24.3 Å². The molecule has 0 heterocycles. The Morgan fingerprint density at radius 2 is 1.25 bits per heavy atom. The molecule has 0 aromatic heterocycles. The molecule has 0 bridgehead atoms. The fourth-order valence-corrected chi connectivity index (χ4v) is 3.56. The van der Waals surface area contributed by atoms with Crippen LogP contribution in [0.2, 0.25) is 0 Å². The molecule has 3 nitrogen and oxygen atoms in total. The average molecular weight is 454 g/mol. The van der Waals surface area contributed by atoms with Crippen LogP contribution in [-0.4, -0.2) is 30.2 Å². The molecule has 0 spiro atoms. The third-order valence-electron chi connectivity index (χ3n) is 5.46. The highest BCUT2D eigenvalue weighted by Gasteiger charge is 2.17. The van der Waals surface area contributed by atoms with E-state index in [4.69, 9.17) is 5.11 Å². The lowest BCUT2D eigenvalue weighted by Gasteiger charge is -2.07. The third-order valence-corrected chi connectivity index (χ3v) is 5.46. The van der Waals surface area contributed by atoms with E-state index in [0.29, 0.717) is 12.0 Å². The first-order chi connectivity index (χ1) is 15.5. The van der Waals surface area contributed by atoms with Crippen molar-refractivity contribution in [2.75, 3.05) is 11.9 Å². The first kappa shape index (κ1) is 27.9. The third kappa shape index (κ3) is 15.6. The van der Waals surface area contributed by atoms with Crippen molar-refractivity contribution in [1.82, 2.24) is 0 Å². The number of hydrogen-bond acceptors (Lipinski definition) is 2. The van der Waals surface area contributed by atoms with Crippen LogP contribution in [0, 0.1) is 11.8 Å². The maximum atomic E-state index is 12.7. The number of carbonyl (C=O) groups is 1. The molecule has 1 atom stereocenters. The number of nitrogens with one attached hydrogen (secondary N) is 1. The molecular weight excluding hydrogens is 415 g/mol. The molecular formula is C26H38F3NO2. The summed E-state index contributed by atoms with van der Waals surface area (Å²) in [6, 6.07) is 7.46. The summed E-state index contributed by atoms with van der Waals surface area (Å²) in [7, 11) is 0. The van der Waals surface area contributed by atoms with Crippen molar-refractivity contribution in [3.8, 4) is 11.8 Å². The molecule has 2 N–H and O–H groups in total. The quantitative estimate of drug-likeness (QED) is 0.178. The maximum Gasteiger partial charge on any atom is 0.382 e. The van der Waals surface area contributed by atoms with Gasteiger partial charge in [-0.1, -0.05) is 83.0 Å². The largest absolute Gasteiger partial charge is 0.472 e. The van der Waals surface area contributed by atoms with Crippen LogP contribution in [0.4, 0.5) is 18.9 Å². The van der Waals surface area contributed by atoms with E-state index >= 15 is 0 Å². The molecule has 0 fully saturated rings. The van der Waals surface area contributed by atoms with Crippen LogP contribution in [0.25, 0.3) is 0 Å². The van der Waals surface area contributed by atoms with Gasteiger partial charge in [-0.3, -0.25) is 0 Å². The Morgan fingerprint density at radius 1 is 0.781 bits per heavy atom. The van der Waals surface area contributed by atoms with E-state index in [9.17, 15) is 18.0 Å². The molecule has 0 aliphatic carbocycles. The molecule has 6 heteroatoms. The van der Waals surface area contributed by atoms with Gasteiger partial charge in [-0.15, -0.1) is 0 Å². The van der Waals surface area contributed by atoms with E-state index in [1.165, 1.54) is 51.4 Å². The molecule has 0 saturated carbocycles. The number of rotatable bonds is 18. The van der Waals surface area contributed by atoms with E-state index in [1.807, 2.05) is 24.3 Å². The van der Waals surface area contributed by atoms with Crippen molar-refractivity contribution in [2.24, 2.45) is 0 Å². The van der Waals surface area contributed by atoms with Gasteiger partial charge in [0.1, 0.15) is 0 Å². The first-order valence-electron chi connectivity index (χ1n) is 12.0. The summed E-state index contributed by atoms with van der Waals surface area (Å²) in [5, 5.41) is 11.9. The van der Waals surface area contributed by atoms with E-state index < -0.39 is 18.6 Å². The molecule has 0 amide bonds. The number of carboxylic acids is 1. The molecule has 0 radical (unpaired) electrons. The van der Waals surface area contributed by atoms with Gasteiger partial charge in [0, 0.05) is 23.7 Å². The lowest BCUT2D eigenvalue weighted by atomic mass is 10.0. The number of hydrogen-bond donors (Lipinski definition) is 2. The Labute approximate surface area is 191 Å². The van der Waals surface area contributed by atoms with Crippen molar-refractivity contribution in [3.05, 3.63) is 29.8 Å². The zero-order valence-corrected chi connectivity index (χ0v) is 19.1. The fraction of sp³-hybridized carbons (Fsp3) is 0.654. The number of carboxylic acid groups (broad SMARTS) is 1. The summed E-state index contributed by atoms with van der Waals surface area (Å²) < 4.78 is 36.8. The molecule has 0 saturated heterocycles. The Kier molecular flexibility index (Phi) is 16.0. The second-order valence-electron chi connectivity index (χ2n) is 8.29. The second-order valence-corrected chi connectivity index (χ2v) is 8.29. The van der Waals surface area contributed by atoms with Crippen LogP contribution >= 0.6 is 0 Å². The molecule has 1 aromatic rings. The summed E-state index contributed by atoms with van der Waals surface area (Å²) >= 11 is 0. The minimum Gasteiger partial charge on any atom is -0.472 e. The number of halogens is 3. The zero-order valence-electron chi connectivity index (χ0n) is 19.1. The summed E-state index contributed by atoms with van der Waals surface area (Å²) in [5.74, 6) is 3.57. The van der Waals surface area contributed by atoms with E-state index in [1.54, 1.807) is 0 Å². The predicted octanol–water partition coefficient (Wildman–Crippen LogP) is 7.60. The molecule has 0 aliphatic rings. The standard InChI is InChI=1S/C26H38F3NO2/c27-24(26(28)29)14-12-10-8-6-4-2-1-3-5-7-9-11-13-21-30-23-18-15-22(16-19-23)17-20-25(31)32/h15-16,18-19,24,26,30H,1-14,21H2,(H,31,32). The van der Waals surface area contributed by atoms with Crippen molar-refractivity contribution in [1.29, 1.82) is 0 Å². The monoisotopic (exact) mass is 453 g/mol. The Morgan fingerprint density at radius 3 is 1.72 bits per heavy atom. The first-order valence-corrected chi connectivity index (χ1v) is 12.0. The molecule has 1 unspecified atom stereocenters. The van der Waals surface area contributed by atoms with Crippen molar-refractivity contribution < 1.29 is 23.1 Å². The van der Waals surface area contributed by atoms with Crippen LogP contribution < -0.4 is 5.32 Å². The number of benzene rings is 1. The highest BCUT2D eigenvalue weighted by Crippen LogP contribution is 2.16. The van der Waals surface area contributed by atoms with Crippen LogP contribution in [0.3, 0.4) is 0 Å². The summed E-state index contributed by atoms with van der Waals surface area (Å²) in [5.41, 5.74) is 1.71. The number of aliphatic carboxylic acids is 1. The average Bonchev–Trinajstić information content (AvgIpc) is 2.77. The molecule has 1 rings (SSSR count). The zero-order chi connectivity index (χ0) is 23.4. The van der Waals surface area contributed by atoms with Crippen molar-refractivity contribution in [3.63, 3.8) is 0 Å². The van der Waals surface area contributed by atoms with Crippen LogP contribution in [-0.2, 0) is 4.79 Å². The summed E-state index contributed by atoms with van der Waals surface area (Å²) in [4.78, 5) is 10.4.